The molecule has 4 rings (SSSR count). The molecular formula is C23H17NO3. The summed E-state index contributed by atoms with van der Waals surface area (Å²) in [5.41, 5.74) is 3.64. The lowest BCUT2D eigenvalue weighted by molar-refractivity contribution is -0.136. The van der Waals surface area contributed by atoms with Crippen molar-refractivity contribution in [2.45, 2.75) is 6.61 Å². The van der Waals surface area contributed by atoms with Crippen LogP contribution in [-0.2, 0) is 16.2 Å². The highest BCUT2D eigenvalue weighted by Crippen LogP contribution is 2.26. The fraction of sp³-hybridized carbons (Fsp3) is 0.0435. The van der Waals surface area contributed by atoms with Crippen LogP contribution in [-0.4, -0.2) is 11.7 Å². The van der Waals surface area contributed by atoms with Crippen LogP contribution in [0.4, 0.5) is 0 Å². The zero-order chi connectivity index (χ0) is 18.5. The maximum atomic E-state index is 12.2. The number of oxime groups is 1. The van der Waals surface area contributed by atoms with E-state index in [0.717, 1.165) is 16.7 Å². The lowest BCUT2D eigenvalue weighted by Crippen LogP contribution is -2.07. The van der Waals surface area contributed by atoms with Crippen molar-refractivity contribution in [3.8, 4) is 5.75 Å². The number of hydrogen-bond donors (Lipinski definition) is 0. The van der Waals surface area contributed by atoms with Crippen molar-refractivity contribution in [2.24, 2.45) is 5.16 Å². The highest BCUT2D eigenvalue weighted by Gasteiger charge is 2.27. The van der Waals surface area contributed by atoms with E-state index in [4.69, 9.17) is 9.57 Å². The highest BCUT2D eigenvalue weighted by molar-refractivity contribution is 6.31. The molecule has 0 fully saturated rings. The van der Waals surface area contributed by atoms with Crippen molar-refractivity contribution in [3.63, 3.8) is 0 Å². The van der Waals surface area contributed by atoms with E-state index in [1.807, 2.05) is 84.9 Å². The summed E-state index contributed by atoms with van der Waals surface area (Å²) in [6.07, 6.45) is 1.77. The summed E-state index contributed by atoms with van der Waals surface area (Å²) in [7, 11) is 0. The van der Waals surface area contributed by atoms with Crippen LogP contribution in [0.5, 0.6) is 5.75 Å². The first-order valence-electron chi connectivity index (χ1n) is 8.64. The van der Waals surface area contributed by atoms with Gasteiger partial charge in [-0.05, 0) is 17.7 Å². The summed E-state index contributed by atoms with van der Waals surface area (Å²) >= 11 is 0. The minimum absolute atomic E-state index is 0.414. The molecule has 27 heavy (non-hydrogen) atoms. The Morgan fingerprint density at radius 1 is 0.852 bits per heavy atom. The van der Waals surface area contributed by atoms with E-state index in [0.29, 0.717) is 23.6 Å². The first-order chi connectivity index (χ1) is 13.3. The Morgan fingerprint density at radius 2 is 1.52 bits per heavy atom. The molecule has 3 aromatic rings. The Hall–Kier alpha value is -3.66. The zero-order valence-electron chi connectivity index (χ0n) is 14.5. The number of carbonyl (C=O) groups excluding carboxylic acids is 1. The second kappa shape index (κ2) is 7.70. The van der Waals surface area contributed by atoms with Crippen molar-refractivity contribution < 1.29 is 14.4 Å². The fourth-order valence-electron chi connectivity index (χ4n) is 2.84. The average molecular weight is 355 g/mol. The van der Waals surface area contributed by atoms with Crippen LogP contribution >= 0.6 is 0 Å². The van der Waals surface area contributed by atoms with E-state index >= 15 is 0 Å². The van der Waals surface area contributed by atoms with Crippen LogP contribution in [0.3, 0.4) is 0 Å². The molecular weight excluding hydrogens is 338 g/mol. The van der Waals surface area contributed by atoms with Gasteiger partial charge >= 0.3 is 5.97 Å². The van der Waals surface area contributed by atoms with Gasteiger partial charge < -0.3 is 9.57 Å². The predicted molar refractivity (Wildman–Crippen MR) is 104 cm³/mol. The molecule has 0 aromatic heterocycles. The average Bonchev–Trinajstić information content (AvgIpc) is 3.09. The van der Waals surface area contributed by atoms with E-state index in [2.05, 4.69) is 5.16 Å². The Kier molecular flexibility index (Phi) is 4.79. The van der Waals surface area contributed by atoms with Crippen LogP contribution < -0.4 is 4.74 Å². The van der Waals surface area contributed by atoms with Gasteiger partial charge in [0, 0.05) is 11.1 Å². The molecule has 0 atom stereocenters. The number of nitrogens with zero attached hydrogens (tertiary/aromatic N) is 1. The molecule has 0 amide bonds. The molecule has 0 saturated carbocycles. The molecule has 1 aliphatic heterocycles. The molecule has 4 nitrogen and oxygen atoms in total. The Morgan fingerprint density at radius 3 is 2.30 bits per heavy atom. The maximum Gasteiger partial charge on any atom is 0.368 e. The molecule has 0 radical (unpaired) electrons. The third-order valence-electron chi connectivity index (χ3n) is 4.20. The van der Waals surface area contributed by atoms with Gasteiger partial charge in [0.25, 0.3) is 0 Å². The van der Waals surface area contributed by atoms with E-state index in [-0.39, 0.29) is 0 Å². The van der Waals surface area contributed by atoms with E-state index in [9.17, 15) is 4.79 Å². The van der Waals surface area contributed by atoms with E-state index < -0.39 is 5.97 Å². The summed E-state index contributed by atoms with van der Waals surface area (Å²) in [6.45, 7) is 0.450. The van der Waals surface area contributed by atoms with Crippen LogP contribution in [0.1, 0.15) is 16.7 Å². The summed E-state index contributed by atoms with van der Waals surface area (Å²) in [6, 6.07) is 27.0. The summed E-state index contributed by atoms with van der Waals surface area (Å²) in [4.78, 5) is 17.1. The summed E-state index contributed by atoms with van der Waals surface area (Å²) in [5, 5.41) is 3.95. The van der Waals surface area contributed by atoms with E-state index in [1.54, 1.807) is 6.08 Å². The molecule has 1 aliphatic rings. The zero-order valence-corrected chi connectivity index (χ0v) is 14.5. The number of rotatable bonds is 5. The van der Waals surface area contributed by atoms with Gasteiger partial charge in [-0.15, -0.1) is 0 Å². The molecule has 0 aliphatic carbocycles. The molecule has 132 valence electrons. The Balaban J connectivity index is 1.63. The molecule has 4 heteroatoms. The third-order valence-corrected chi connectivity index (χ3v) is 4.20. The van der Waals surface area contributed by atoms with Gasteiger partial charge in [0.15, 0.2) is 0 Å². The standard InChI is InChI=1S/C23H17NO3/c25-23-20(22(24-27-23)18-11-5-2-6-12-18)15-19-13-7-8-14-21(19)26-16-17-9-3-1-4-10-17/h1-15H,16H2/b20-15-. The minimum atomic E-state index is -0.466. The van der Waals surface area contributed by atoms with Gasteiger partial charge in [0.2, 0.25) is 0 Å². The van der Waals surface area contributed by atoms with Crippen LogP contribution in [0.25, 0.3) is 6.08 Å². The number of hydrogen-bond acceptors (Lipinski definition) is 4. The molecule has 0 spiro atoms. The normalized spacial score (nSPS) is 14.7. The number of para-hydroxylation sites is 1. The van der Waals surface area contributed by atoms with Crippen molar-refractivity contribution in [1.82, 2.24) is 0 Å². The minimum Gasteiger partial charge on any atom is -0.488 e. The molecule has 0 N–H and O–H groups in total. The van der Waals surface area contributed by atoms with Gasteiger partial charge in [-0.25, -0.2) is 4.79 Å². The van der Waals surface area contributed by atoms with E-state index in [1.165, 1.54) is 0 Å². The van der Waals surface area contributed by atoms with Crippen LogP contribution in [0.2, 0.25) is 0 Å². The Bertz CT molecular complexity index is 1010. The second-order valence-electron chi connectivity index (χ2n) is 6.05. The molecule has 3 aromatic carbocycles. The van der Waals surface area contributed by atoms with Gasteiger partial charge in [-0.2, -0.15) is 0 Å². The largest absolute Gasteiger partial charge is 0.488 e. The Labute approximate surface area is 157 Å². The first kappa shape index (κ1) is 16.8. The monoisotopic (exact) mass is 355 g/mol. The topological polar surface area (TPSA) is 47.9 Å². The van der Waals surface area contributed by atoms with Gasteiger partial charge in [-0.3, -0.25) is 0 Å². The molecule has 0 unspecified atom stereocenters. The first-order valence-corrected chi connectivity index (χ1v) is 8.64. The lowest BCUT2D eigenvalue weighted by Gasteiger charge is -2.10. The second-order valence-corrected chi connectivity index (χ2v) is 6.05. The van der Waals surface area contributed by atoms with Gasteiger partial charge in [0.1, 0.15) is 18.1 Å². The molecule has 0 bridgehead atoms. The van der Waals surface area contributed by atoms with Crippen molar-refractivity contribution in [1.29, 1.82) is 0 Å². The number of carbonyl (C=O) groups is 1. The van der Waals surface area contributed by atoms with Crippen molar-refractivity contribution in [2.75, 3.05) is 0 Å². The van der Waals surface area contributed by atoms with Crippen molar-refractivity contribution in [3.05, 3.63) is 107 Å². The van der Waals surface area contributed by atoms with Gasteiger partial charge in [0.05, 0.1) is 5.57 Å². The SMILES string of the molecule is O=C1ON=C(c2ccccc2)/C1=C/c1ccccc1OCc1ccccc1. The fourth-order valence-corrected chi connectivity index (χ4v) is 2.84. The molecule has 0 saturated heterocycles. The third kappa shape index (κ3) is 3.80. The smallest absolute Gasteiger partial charge is 0.368 e. The lowest BCUT2D eigenvalue weighted by atomic mass is 10.0. The van der Waals surface area contributed by atoms with Crippen LogP contribution in [0.15, 0.2) is 95.7 Å². The summed E-state index contributed by atoms with van der Waals surface area (Å²) < 4.78 is 5.97. The molecule has 1 heterocycles. The van der Waals surface area contributed by atoms with Crippen LogP contribution in [0, 0.1) is 0 Å². The van der Waals surface area contributed by atoms with Crippen molar-refractivity contribution >= 4 is 17.8 Å². The highest BCUT2D eigenvalue weighted by atomic mass is 16.7. The predicted octanol–water partition coefficient (Wildman–Crippen LogP) is 4.61. The number of ether oxygens (including phenoxy) is 1. The summed E-state index contributed by atoms with van der Waals surface area (Å²) in [5.74, 6) is 0.229. The van der Waals surface area contributed by atoms with Gasteiger partial charge in [-0.1, -0.05) is 84.0 Å². The number of benzene rings is 3. The quantitative estimate of drug-likeness (QED) is 0.496. The maximum absolute atomic E-state index is 12.2.